The molecule has 1 aliphatic rings. The van der Waals surface area contributed by atoms with Crippen molar-refractivity contribution >= 4 is 11.9 Å². The largest absolute Gasteiger partial charge is 0.496 e. The van der Waals surface area contributed by atoms with E-state index in [9.17, 15) is 9.59 Å². The van der Waals surface area contributed by atoms with Crippen LogP contribution in [0.4, 0.5) is 4.79 Å². The number of carbonyl (C=O) groups excluding carboxylic acids is 2. The summed E-state index contributed by atoms with van der Waals surface area (Å²) in [6, 6.07) is 15.6. The second-order valence-corrected chi connectivity index (χ2v) is 6.70. The minimum absolute atomic E-state index is 0.0678. The van der Waals surface area contributed by atoms with Crippen LogP contribution in [0, 0.1) is 6.92 Å². The summed E-state index contributed by atoms with van der Waals surface area (Å²) >= 11 is 0. The van der Waals surface area contributed by atoms with Gasteiger partial charge in [-0.1, -0.05) is 48.0 Å². The van der Waals surface area contributed by atoms with E-state index in [1.807, 2.05) is 55.5 Å². The molecule has 0 atom stereocenters. The molecule has 3 rings (SSSR count). The highest BCUT2D eigenvalue weighted by Crippen LogP contribution is 2.17. The molecular formula is C21H25N3O3. The lowest BCUT2D eigenvalue weighted by atomic mass is 10.1. The Labute approximate surface area is 159 Å². The molecule has 1 heterocycles. The van der Waals surface area contributed by atoms with Crippen LogP contribution in [0.2, 0.25) is 0 Å². The summed E-state index contributed by atoms with van der Waals surface area (Å²) in [6.45, 7) is 4.24. The van der Waals surface area contributed by atoms with Gasteiger partial charge in [-0.05, 0) is 18.6 Å². The molecule has 27 heavy (non-hydrogen) atoms. The normalized spacial score (nSPS) is 13.8. The Bertz CT molecular complexity index is 805. The van der Waals surface area contributed by atoms with Crippen LogP contribution in [0.25, 0.3) is 0 Å². The summed E-state index contributed by atoms with van der Waals surface area (Å²) < 4.78 is 5.28. The van der Waals surface area contributed by atoms with Gasteiger partial charge in [-0.3, -0.25) is 4.79 Å². The number of urea groups is 1. The van der Waals surface area contributed by atoms with E-state index in [1.54, 1.807) is 16.9 Å². The maximum absolute atomic E-state index is 12.5. The second-order valence-electron chi connectivity index (χ2n) is 6.70. The molecule has 1 aliphatic heterocycles. The summed E-state index contributed by atoms with van der Waals surface area (Å²) in [5, 5.41) is 2.86. The van der Waals surface area contributed by atoms with Crippen LogP contribution < -0.4 is 10.1 Å². The van der Waals surface area contributed by atoms with E-state index in [2.05, 4.69) is 5.32 Å². The Kier molecular flexibility index (Phi) is 5.96. The minimum Gasteiger partial charge on any atom is -0.496 e. The second kappa shape index (κ2) is 8.58. The molecular weight excluding hydrogens is 342 g/mol. The van der Waals surface area contributed by atoms with Crippen molar-refractivity contribution in [2.75, 3.05) is 26.7 Å². The zero-order valence-electron chi connectivity index (χ0n) is 15.8. The fourth-order valence-corrected chi connectivity index (χ4v) is 3.11. The first-order valence-corrected chi connectivity index (χ1v) is 9.05. The summed E-state index contributed by atoms with van der Waals surface area (Å²) in [6.07, 6.45) is 0. The Morgan fingerprint density at radius 3 is 2.52 bits per heavy atom. The Morgan fingerprint density at radius 1 is 1.07 bits per heavy atom. The number of hydrogen-bond donors (Lipinski definition) is 1. The number of methoxy groups -OCH3 is 1. The number of hydrogen-bond acceptors (Lipinski definition) is 3. The molecule has 0 saturated carbocycles. The standard InChI is InChI=1S/C21H25N3O3/c1-16-7-9-17(10-8-16)14-23-11-12-24(21(23)26)15-20(25)22-13-18-5-3-4-6-19(18)27-2/h3-10H,11-15H2,1-2H3,(H,22,25). The fourth-order valence-electron chi connectivity index (χ4n) is 3.11. The minimum atomic E-state index is -0.175. The average molecular weight is 367 g/mol. The number of benzene rings is 2. The molecule has 0 aromatic heterocycles. The van der Waals surface area contributed by atoms with Crippen LogP contribution in [0.3, 0.4) is 0 Å². The maximum Gasteiger partial charge on any atom is 0.320 e. The number of ether oxygens (including phenoxy) is 1. The van der Waals surface area contributed by atoms with Crippen molar-refractivity contribution in [3.63, 3.8) is 0 Å². The zero-order valence-corrected chi connectivity index (χ0v) is 15.8. The third-order valence-electron chi connectivity index (χ3n) is 4.68. The van der Waals surface area contributed by atoms with Gasteiger partial charge in [0.05, 0.1) is 7.11 Å². The summed E-state index contributed by atoms with van der Waals surface area (Å²) in [5.74, 6) is 0.561. The predicted molar refractivity (Wildman–Crippen MR) is 103 cm³/mol. The molecule has 142 valence electrons. The SMILES string of the molecule is COc1ccccc1CNC(=O)CN1CCN(Cc2ccc(C)cc2)C1=O. The third-order valence-corrected chi connectivity index (χ3v) is 4.68. The molecule has 1 saturated heterocycles. The first kappa shape index (κ1) is 18.8. The first-order valence-electron chi connectivity index (χ1n) is 9.05. The van der Waals surface area contributed by atoms with Crippen molar-refractivity contribution in [2.45, 2.75) is 20.0 Å². The highest BCUT2D eigenvalue weighted by atomic mass is 16.5. The van der Waals surface area contributed by atoms with Gasteiger partial charge in [-0.25, -0.2) is 4.79 Å². The van der Waals surface area contributed by atoms with E-state index < -0.39 is 0 Å². The molecule has 0 aliphatic carbocycles. The van der Waals surface area contributed by atoms with Gasteiger partial charge >= 0.3 is 6.03 Å². The van der Waals surface area contributed by atoms with Crippen LogP contribution in [0.15, 0.2) is 48.5 Å². The van der Waals surface area contributed by atoms with E-state index in [0.717, 1.165) is 16.9 Å². The summed E-state index contributed by atoms with van der Waals surface area (Å²) in [5.41, 5.74) is 3.19. The van der Waals surface area contributed by atoms with E-state index in [-0.39, 0.29) is 18.5 Å². The maximum atomic E-state index is 12.5. The van der Waals surface area contributed by atoms with E-state index >= 15 is 0 Å². The smallest absolute Gasteiger partial charge is 0.320 e. The molecule has 1 N–H and O–H groups in total. The number of nitrogens with one attached hydrogen (secondary N) is 1. The van der Waals surface area contributed by atoms with Gasteiger partial charge in [0, 0.05) is 31.7 Å². The number of aryl methyl sites for hydroxylation is 1. The van der Waals surface area contributed by atoms with Gasteiger partial charge in [0.25, 0.3) is 0 Å². The van der Waals surface area contributed by atoms with Crippen LogP contribution in [0.1, 0.15) is 16.7 Å². The first-order chi connectivity index (χ1) is 13.1. The van der Waals surface area contributed by atoms with Crippen molar-refractivity contribution < 1.29 is 14.3 Å². The van der Waals surface area contributed by atoms with E-state index in [1.165, 1.54) is 5.56 Å². The fraction of sp³-hybridized carbons (Fsp3) is 0.333. The Morgan fingerprint density at radius 2 is 1.78 bits per heavy atom. The summed E-state index contributed by atoms with van der Waals surface area (Å²) in [7, 11) is 1.60. The van der Waals surface area contributed by atoms with Gasteiger partial charge in [-0.2, -0.15) is 0 Å². The van der Waals surface area contributed by atoms with Crippen molar-refractivity contribution in [1.82, 2.24) is 15.1 Å². The summed E-state index contributed by atoms with van der Waals surface area (Å²) in [4.78, 5) is 28.2. The number of carbonyl (C=O) groups is 2. The van der Waals surface area contributed by atoms with Crippen LogP contribution in [-0.4, -0.2) is 48.5 Å². The van der Waals surface area contributed by atoms with Crippen LogP contribution in [-0.2, 0) is 17.9 Å². The quantitative estimate of drug-likeness (QED) is 0.818. The van der Waals surface area contributed by atoms with Gasteiger partial charge in [0.15, 0.2) is 0 Å². The molecule has 0 unspecified atom stereocenters. The molecule has 0 radical (unpaired) electrons. The number of nitrogens with zero attached hydrogens (tertiary/aromatic N) is 2. The number of rotatable bonds is 7. The monoisotopic (exact) mass is 367 g/mol. The molecule has 2 aromatic carbocycles. The van der Waals surface area contributed by atoms with E-state index in [4.69, 9.17) is 4.74 Å². The van der Waals surface area contributed by atoms with Crippen LogP contribution >= 0.6 is 0 Å². The van der Waals surface area contributed by atoms with Crippen molar-refractivity contribution in [3.8, 4) is 5.75 Å². The lowest BCUT2D eigenvalue weighted by Gasteiger charge is -2.18. The molecule has 2 aromatic rings. The molecule has 6 heteroatoms. The zero-order chi connectivity index (χ0) is 19.2. The van der Waals surface area contributed by atoms with Gasteiger partial charge in [0.2, 0.25) is 5.91 Å². The average Bonchev–Trinajstić information content (AvgIpc) is 3.01. The predicted octanol–water partition coefficient (Wildman–Crippen LogP) is 2.56. The number of amides is 3. The Balaban J connectivity index is 1.50. The highest BCUT2D eigenvalue weighted by Gasteiger charge is 2.29. The molecule has 3 amide bonds. The van der Waals surface area contributed by atoms with Crippen LogP contribution in [0.5, 0.6) is 5.75 Å². The van der Waals surface area contributed by atoms with Gasteiger partial charge < -0.3 is 19.9 Å². The lowest BCUT2D eigenvalue weighted by Crippen LogP contribution is -2.39. The molecule has 0 bridgehead atoms. The Hall–Kier alpha value is -3.02. The topological polar surface area (TPSA) is 61.9 Å². The number of para-hydroxylation sites is 1. The lowest BCUT2D eigenvalue weighted by molar-refractivity contribution is -0.121. The van der Waals surface area contributed by atoms with Crippen molar-refractivity contribution in [3.05, 3.63) is 65.2 Å². The van der Waals surface area contributed by atoms with E-state index in [0.29, 0.717) is 26.2 Å². The molecule has 6 nitrogen and oxygen atoms in total. The van der Waals surface area contributed by atoms with Crippen molar-refractivity contribution in [2.24, 2.45) is 0 Å². The van der Waals surface area contributed by atoms with Gasteiger partial charge in [-0.15, -0.1) is 0 Å². The van der Waals surface area contributed by atoms with Gasteiger partial charge in [0.1, 0.15) is 12.3 Å². The highest BCUT2D eigenvalue weighted by molar-refractivity contribution is 5.85. The molecule has 0 spiro atoms. The third kappa shape index (κ3) is 4.78. The van der Waals surface area contributed by atoms with Crippen molar-refractivity contribution in [1.29, 1.82) is 0 Å². The molecule has 1 fully saturated rings.